The van der Waals surface area contributed by atoms with E-state index < -0.39 is 0 Å². The van der Waals surface area contributed by atoms with E-state index in [1.54, 1.807) is 0 Å². The third-order valence-electron chi connectivity index (χ3n) is 3.82. The van der Waals surface area contributed by atoms with Crippen LogP contribution in [0.25, 0.3) is 5.57 Å². The number of benzene rings is 2. The summed E-state index contributed by atoms with van der Waals surface area (Å²) in [6, 6.07) is 21.7. The zero-order valence-corrected chi connectivity index (χ0v) is 11.3. The van der Waals surface area contributed by atoms with Gasteiger partial charge in [0.05, 0.1) is 6.04 Å². The van der Waals surface area contributed by atoms with Crippen LogP contribution >= 0.6 is 0 Å². The summed E-state index contributed by atoms with van der Waals surface area (Å²) in [6.07, 6.45) is 2.37. The van der Waals surface area contributed by atoms with E-state index >= 15 is 0 Å². The summed E-state index contributed by atoms with van der Waals surface area (Å²) in [5.74, 6) is 0. The molecule has 0 amide bonds. The van der Waals surface area contributed by atoms with Gasteiger partial charge >= 0.3 is 0 Å². The fourth-order valence-corrected chi connectivity index (χ4v) is 2.88. The van der Waals surface area contributed by atoms with E-state index in [9.17, 15) is 0 Å². The largest absolute Gasteiger partial charge is 0.378 e. The molecular formula is C18H19N. The third-order valence-corrected chi connectivity index (χ3v) is 3.82. The van der Waals surface area contributed by atoms with Crippen molar-refractivity contribution >= 4 is 11.3 Å². The number of nitrogens with one attached hydrogen (secondary N) is 1. The predicted molar refractivity (Wildman–Crippen MR) is 82.1 cm³/mol. The molecule has 0 aromatic heterocycles. The first-order valence-corrected chi connectivity index (χ1v) is 6.91. The van der Waals surface area contributed by atoms with Gasteiger partial charge in [-0.15, -0.1) is 0 Å². The van der Waals surface area contributed by atoms with Crippen molar-refractivity contribution in [1.82, 2.24) is 0 Å². The van der Waals surface area contributed by atoms with E-state index in [0.717, 1.165) is 0 Å². The Labute approximate surface area is 115 Å². The van der Waals surface area contributed by atoms with Crippen LogP contribution in [0.15, 0.2) is 66.2 Å². The van der Waals surface area contributed by atoms with Crippen molar-refractivity contribution in [1.29, 1.82) is 0 Å². The van der Waals surface area contributed by atoms with Crippen molar-refractivity contribution < 1.29 is 0 Å². The Morgan fingerprint density at radius 3 is 2.21 bits per heavy atom. The molecule has 1 aliphatic carbocycles. The van der Waals surface area contributed by atoms with Gasteiger partial charge in [-0.3, -0.25) is 0 Å². The minimum absolute atomic E-state index is 0.435. The molecule has 96 valence electrons. The van der Waals surface area contributed by atoms with Crippen molar-refractivity contribution in [2.45, 2.75) is 25.8 Å². The molecule has 3 rings (SSSR count). The lowest BCUT2D eigenvalue weighted by Gasteiger charge is -2.19. The highest BCUT2D eigenvalue weighted by molar-refractivity contribution is 5.77. The van der Waals surface area contributed by atoms with Crippen LogP contribution < -0.4 is 5.32 Å². The van der Waals surface area contributed by atoms with Crippen LogP contribution in [0.2, 0.25) is 0 Å². The number of rotatable bonds is 3. The Balaban J connectivity index is 1.87. The Morgan fingerprint density at radius 2 is 1.53 bits per heavy atom. The van der Waals surface area contributed by atoms with E-state index in [1.807, 2.05) is 0 Å². The van der Waals surface area contributed by atoms with Crippen LogP contribution in [-0.4, -0.2) is 6.04 Å². The maximum atomic E-state index is 3.66. The lowest BCUT2D eigenvalue weighted by Crippen LogP contribution is -2.18. The maximum Gasteiger partial charge on any atom is 0.0522 e. The van der Waals surface area contributed by atoms with Gasteiger partial charge in [0.15, 0.2) is 0 Å². The van der Waals surface area contributed by atoms with Gasteiger partial charge in [-0.25, -0.2) is 0 Å². The first kappa shape index (κ1) is 12.0. The van der Waals surface area contributed by atoms with E-state index in [1.165, 1.54) is 35.2 Å². The normalized spacial score (nSPS) is 18.7. The van der Waals surface area contributed by atoms with Crippen molar-refractivity contribution in [3.63, 3.8) is 0 Å². The van der Waals surface area contributed by atoms with E-state index in [0.29, 0.717) is 6.04 Å². The summed E-state index contributed by atoms with van der Waals surface area (Å²) in [5, 5.41) is 3.66. The molecular weight excluding hydrogens is 230 g/mol. The van der Waals surface area contributed by atoms with E-state index in [4.69, 9.17) is 0 Å². The molecule has 0 bridgehead atoms. The molecule has 1 atom stereocenters. The van der Waals surface area contributed by atoms with Crippen LogP contribution in [0, 0.1) is 0 Å². The topological polar surface area (TPSA) is 12.0 Å². The van der Waals surface area contributed by atoms with Gasteiger partial charge in [0, 0.05) is 5.69 Å². The highest BCUT2D eigenvalue weighted by Crippen LogP contribution is 2.35. The number of allylic oxidation sites excluding steroid dienone is 1. The summed E-state index contributed by atoms with van der Waals surface area (Å²) in [6.45, 7) is 2.26. The fourth-order valence-electron chi connectivity index (χ4n) is 2.88. The number of hydrogen-bond donors (Lipinski definition) is 1. The monoisotopic (exact) mass is 249 g/mol. The van der Waals surface area contributed by atoms with Gasteiger partial charge in [0.1, 0.15) is 0 Å². The molecule has 0 saturated carbocycles. The average molecular weight is 249 g/mol. The molecule has 0 fully saturated rings. The molecule has 1 N–H and O–H groups in total. The molecule has 2 aromatic rings. The third kappa shape index (κ3) is 2.55. The first-order chi connectivity index (χ1) is 9.34. The summed E-state index contributed by atoms with van der Waals surface area (Å²) in [7, 11) is 0. The quantitative estimate of drug-likeness (QED) is 0.828. The molecule has 0 aliphatic heterocycles. The number of para-hydroxylation sites is 1. The molecule has 0 heterocycles. The molecule has 1 unspecified atom stereocenters. The molecule has 0 spiro atoms. The minimum atomic E-state index is 0.435. The lowest BCUT2D eigenvalue weighted by molar-refractivity contribution is 0.824. The van der Waals surface area contributed by atoms with Crippen molar-refractivity contribution in [2.75, 3.05) is 5.32 Å². The van der Waals surface area contributed by atoms with Crippen LogP contribution in [0.4, 0.5) is 5.69 Å². The van der Waals surface area contributed by atoms with Crippen LogP contribution in [0.5, 0.6) is 0 Å². The molecule has 0 radical (unpaired) electrons. The second kappa shape index (κ2) is 5.31. The molecule has 1 aliphatic rings. The van der Waals surface area contributed by atoms with Gasteiger partial charge < -0.3 is 5.32 Å². The highest BCUT2D eigenvalue weighted by atomic mass is 14.9. The molecule has 19 heavy (non-hydrogen) atoms. The fraction of sp³-hybridized carbons (Fsp3) is 0.222. The molecule has 0 saturated heterocycles. The van der Waals surface area contributed by atoms with Crippen molar-refractivity contribution in [3.05, 3.63) is 71.8 Å². The number of hydrogen-bond acceptors (Lipinski definition) is 1. The van der Waals surface area contributed by atoms with Crippen LogP contribution in [-0.2, 0) is 0 Å². The molecule has 2 aromatic carbocycles. The Hall–Kier alpha value is -2.02. The average Bonchev–Trinajstić information content (AvgIpc) is 2.82. The minimum Gasteiger partial charge on any atom is -0.378 e. The Kier molecular flexibility index (Phi) is 3.37. The van der Waals surface area contributed by atoms with E-state index in [2.05, 4.69) is 72.9 Å². The van der Waals surface area contributed by atoms with E-state index in [-0.39, 0.29) is 0 Å². The standard InChI is InChI=1S/C18H19N/c1-14-12-13-17(19-16-10-6-3-7-11-16)18(14)15-8-4-2-5-9-15/h2-11,17,19H,12-13H2,1H3. The van der Waals surface area contributed by atoms with Gasteiger partial charge in [0.2, 0.25) is 0 Å². The zero-order valence-electron chi connectivity index (χ0n) is 11.3. The number of anilines is 1. The van der Waals surface area contributed by atoms with Gasteiger partial charge in [0.25, 0.3) is 0 Å². The predicted octanol–water partition coefficient (Wildman–Crippen LogP) is 4.73. The van der Waals surface area contributed by atoms with Crippen molar-refractivity contribution in [2.24, 2.45) is 0 Å². The van der Waals surface area contributed by atoms with Gasteiger partial charge in [-0.05, 0) is 43.0 Å². The smallest absolute Gasteiger partial charge is 0.0522 e. The zero-order chi connectivity index (χ0) is 13.1. The second-order valence-corrected chi connectivity index (χ2v) is 5.16. The SMILES string of the molecule is CC1=C(c2ccccc2)C(Nc2ccccc2)CC1. The summed E-state index contributed by atoms with van der Waals surface area (Å²) >= 11 is 0. The molecule has 1 heteroatoms. The Bertz CT molecular complexity index is 569. The van der Waals surface area contributed by atoms with Crippen molar-refractivity contribution in [3.8, 4) is 0 Å². The summed E-state index contributed by atoms with van der Waals surface area (Å²) in [5.41, 5.74) is 5.55. The Morgan fingerprint density at radius 1 is 0.895 bits per heavy atom. The van der Waals surface area contributed by atoms with Gasteiger partial charge in [-0.1, -0.05) is 54.1 Å². The lowest BCUT2D eigenvalue weighted by atomic mass is 9.99. The highest BCUT2D eigenvalue weighted by Gasteiger charge is 2.24. The summed E-state index contributed by atoms with van der Waals surface area (Å²) in [4.78, 5) is 0. The van der Waals surface area contributed by atoms with Crippen LogP contribution in [0.1, 0.15) is 25.3 Å². The summed E-state index contributed by atoms with van der Waals surface area (Å²) < 4.78 is 0. The first-order valence-electron chi connectivity index (χ1n) is 6.91. The maximum absolute atomic E-state index is 3.66. The molecule has 1 nitrogen and oxygen atoms in total. The van der Waals surface area contributed by atoms with Gasteiger partial charge in [-0.2, -0.15) is 0 Å². The van der Waals surface area contributed by atoms with Crippen LogP contribution in [0.3, 0.4) is 0 Å². The second-order valence-electron chi connectivity index (χ2n) is 5.16.